The van der Waals surface area contributed by atoms with Crippen LogP contribution in [0.1, 0.15) is 56.9 Å². The predicted molar refractivity (Wildman–Crippen MR) is 135 cm³/mol. The molecule has 1 unspecified atom stereocenters. The Morgan fingerprint density at radius 2 is 1.76 bits per heavy atom. The molecule has 0 radical (unpaired) electrons. The first-order valence-electron chi connectivity index (χ1n) is 11.4. The third-order valence-corrected chi connectivity index (χ3v) is 5.93. The maximum absolute atomic E-state index is 12.2. The minimum absolute atomic E-state index is 0.0948. The maximum Gasteiger partial charge on any atom is 0.303 e. The molecule has 34 heavy (non-hydrogen) atoms. The fourth-order valence-electron chi connectivity index (χ4n) is 3.46. The van der Waals surface area contributed by atoms with Crippen LogP contribution in [-0.4, -0.2) is 48.1 Å². The van der Waals surface area contributed by atoms with Crippen molar-refractivity contribution in [2.24, 2.45) is 0 Å². The summed E-state index contributed by atoms with van der Waals surface area (Å²) in [4.78, 5) is 29.9. The van der Waals surface area contributed by atoms with Crippen LogP contribution in [-0.2, 0) is 25.5 Å². The van der Waals surface area contributed by atoms with Gasteiger partial charge < -0.3 is 20.1 Å². The lowest BCUT2D eigenvalue weighted by molar-refractivity contribution is -0.149. The van der Waals surface area contributed by atoms with Crippen LogP contribution in [0.5, 0.6) is 0 Å². The number of halogens is 2. The van der Waals surface area contributed by atoms with E-state index in [1.165, 1.54) is 13.8 Å². The van der Waals surface area contributed by atoms with Crippen molar-refractivity contribution in [3.8, 4) is 0 Å². The van der Waals surface area contributed by atoms with E-state index in [1.54, 1.807) is 23.2 Å². The average Bonchev–Trinajstić information content (AvgIpc) is 2.79. The number of benzene rings is 1. The van der Waals surface area contributed by atoms with E-state index in [2.05, 4.69) is 4.98 Å². The number of nitrogen functional groups attached to an aromatic ring is 1. The number of unbranched alkanes of at least 4 members (excludes halogenated alkanes) is 3. The summed E-state index contributed by atoms with van der Waals surface area (Å²) < 4.78 is 11.2. The monoisotopic (exact) mass is 509 g/mol. The Balaban J connectivity index is 1.76. The van der Waals surface area contributed by atoms with Crippen LogP contribution in [0.4, 0.5) is 5.69 Å². The first-order chi connectivity index (χ1) is 16.3. The molecule has 186 valence electrons. The third kappa shape index (κ3) is 9.87. The Labute approximate surface area is 211 Å². The van der Waals surface area contributed by atoms with Crippen LogP contribution in [0.15, 0.2) is 36.5 Å². The second kappa shape index (κ2) is 14.8. The Morgan fingerprint density at radius 1 is 1.06 bits per heavy atom. The average molecular weight is 510 g/mol. The molecule has 7 nitrogen and oxygen atoms in total. The van der Waals surface area contributed by atoms with Crippen LogP contribution < -0.4 is 5.73 Å². The van der Waals surface area contributed by atoms with Gasteiger partial charge in [0.25, 0.3) is 0 Å². The summed E-state index contributed by atoms with van der Waals surface area (Å²) in [5, 5.41) is 0.549. The normalized spacial score (nSPS) is 11.8. The molecular weight excluding hydrogens is 477 g/mol. The molecule has 0 saturated carbocycles. The van der Waals surface area contributed by atoms with Crippen LogP contribution in [0.2, 0.25) is 10.0 Å². The molecular formula is C25H33Cl2N3O4. The van der Waals surface area contributed by atoms with Gasteiger partial charge in [0.1, 0.15) is 6.10 Å². The van der Waals surface area contributed by atoms with Crippen molar-refractivity contribution in [1.29, 1.82) is 0 Å². The number of hydrogen-bond acceptors (Lipinski definition) is 6. The van der Waals surface area contributed by atoms with Gasteiger partial charge in [0.05, 0.1) is 28.9 Å². The van der Waals surface area contributed by atoms with Crippen molar-refractivity contribution in [3.05, 3.63) is 57.8 Å². The summed E-state index contributed by atoms with van der Waals surface area (Å²) in [6, 6.07) is 9.09. The van der Waals surface area contributed by atoms with Gasteiger partial charge in [-0.2, -0.15) is 0 Å². The molecule has 0 spiro atoms. The number of pyridine rings is 1. The van der Waals surface area contributed by atoms with Gasteiger partial charge in [-0.05, 0) is 42.7 Å². The van der Waals surface area contributed by atoms with Crippen molar-refractivity contribution in [2.75, 3.05) is 32.0 Å². The summed E-state index contributed by atoms with van der Waals surface area (Å²) in [7, 11) is 0. The highest BCUT2D eigenvalue weighted by molar-refractivity contribution is 6.38. The number of nitrogens with two attached hydrogens (primary N) is 1. The molecule has 1 amide bonds. The van der Waals surface area contributed by atoms with E-state index in [9.17, 15) is 9.59 Å². The number of aromatic nitrogens is 1. The molecule has 2 rings (SSSR count). The van der Waals surface area contributed by atoms with Crippen LogP contribution in [0.25, 0.3) is 0 Å². The Kier molecular flexibility index (Phi) is 12.2. The van der Waals surface area contributed by atoms with E-state index in [4.69, 9.17) is 38.4 Å². The smallest absolute Gasteiger partial charge is 0.303 e. The molecule has 9 heteroatoms. The minimum atomic E-state index is -0.690. The molecule has 1 heterocycles. The van der Waals surface area contributed by atoms with Gasteiger partial charge in [-0.25, -0.2) is 0 Å². The highest BCUT2D eigenvalue weighted by atomic mass is 35.5. The highest BCUT2D eigenvalue weighted by Crippen LogP contribution is 2.33. The van der Waals surface area contributed by atoms with Crippen molar-refractivity contribution in [3.63, 3.8) is 0 Å². The molecule has 2 N–H and O–H groups in total. The number of anilines is 1. The van der Waals surface area contributed by atoms with E-state index >= 15 is 0 Å². The second-order valence-electron chi connectivity index (χ2n) is 8.06. The van der Waals surface area contributed by atoms with E-state index in [0.29, 0.717) is 25.3 Å². The van der Waals surface area contributed by atoms with Crippen LogP contribution in [0.3, 0.4) is 0 Å². The lowest BCUT2D eigenvalue weighted by Crippen LogP contribution is -2.35. The number of nitrogens with zero attached hydrogens (tertiary/aromatic N) is 2. The zero-order valence-corrected chi connectivity index (χ0v) is 21.3. The third-order valence-electron chi connectivity index (χ3n) is 5.31. The standard InChI is InChI=1S/C25H33Cl2N3O4/c1-18(31)30(12-7-3-4-8-13-33-14-10-21-9-5-6-11-29-21)17-24(34-19(2)32)20-15-22(26)25(28)23(27)16-20/h5-6,9,11,15-16,24H,3-4,7-8,10,12-14,17,28H2,1-2H3. The quantitative estimate of drug-likeness (QED) is 0.212. The SMILES string of the molecule is CC(=O)OC(CN(CCCCCCOCCc1ccccn1)C(C)=O)c1cc(Cl)c(N)c(Cl)c1. The fourth-order valence-corrected chi connectivity index (χ4v) is 3.97. The van der Waals surface area contributed by atoms with E-state index in [-0.39, 0.29) is 28.2 Å². The topological polar surface area (TPSA) is 94.7 Å². The molecule has 0 fully saturated rings. The largest absolute Gasteiger partial charge is 0.456 e. The zero-order valence-electron chi connectivity index (χ0n) is 19.8. The van der Waals surface area contributed by atoms with Gasteiger partial charge >= 0.3 is 5.97 Å². The second-order valence-corrected chi connectivity index (χ2v) is 8.87. The van der Waals surface area contributed by atoms with Crippen molar-refractivity contribution >= 4 is 40.8 Å². The number of amides is 1. The van der Waals surface area contributed by atoms with Gasteiger partial charge in [0.15, 0.2) is 0 Å². The molecule has 0 saturated heterocycles. The van der Waals surface area contributed by atoms with Crippen molar-refractivity contribution in [2.45, 2.75) is 52.1 Å². The first-order valence-corrected chi connectivity index (χ1v) is 12.2. The number of carbonyl (C=O) groups is 2. The predicted octanol–water partition coefficient (Wildman–Crippen LogP) is 5.24. The van der Waals surface area contributed by atoms with Gasteiger partial charge in [0.2, 0.25) is 5.91 Å². The van der Waals surface area contributed by atoms with E-state index < -0.39 is 12.1 Å². The van der Waals surface area contributed by atoms with Crippen LogP contribution >= 0.6 is 23.2 Å². The Morgan fingerprint density at radius 3 is 2.38 bits per heavy atom. The summed E-state index contributed by atoms with van der Waals surface area (Å²) in [5.41, 5.74) is 7.70. The number of esters is 1. The summed E-state index contributed by atoms with van der Waals surface area (Å²) in [6.07, 6.45) is 5.67. The lowest BCUT2D eigenvalue weighted by atomic mass is 10.1. The van der Waals surface area contributed by atoms with Crippen molar-refractivity contribution in [1.82, 2.24) is 9.88 Å². The van der Waals surface area contributed by atoms with E-state index in [1.807, 2.05) is 18.2 Å². The maximum atomic E-state index is 12.2. The minimum Gasteiger partial charge on any atom is -0.456 e. The highest BCUT2D eigenvalue weighted by Gasteiger charge is 2.22. The first kappa shape index (κ1) is 27.9. The number of carbonyl (C=O) groups excluding carboxylic acids is 2. The molecule has 0 aliphatic heterocycles. The molecule has 0 aliphatic rings. The number of ether oxygens (including phenoxy) is 2. The molecule has 2 aromatic rings. The summed E-state index contributed by atoms with van der Waals surface area (Å²) in [6.45, 7) is 4.96. The summed E-state index contributed by atoms with van der Waals surface area (Å²) >= 11 is 12.3. The Bertz CT molecular complexity index is 905. The van der Waals surface area contributed by atoms with E-state index in [0.717, 1.165) is 37.8 Å². The zero-order chi connectivity index (χ0) is 24.9. The van der Waals surface area contributed by atoms with Gasteiger partial charge in [0, 0.05) is 45.3 Å². The number of rotatable bonds is 14. The molecule has 1 aromatic heterocycles. The molecule has 0 bridgehead atoms. The van der Waals surface area contributed by atoms with Crippen molar-refractivity contribution < 1.29 is 19.1 Å². The van der Waals surface area contributed by atoms with Gasteiger partial charge in [-0.3, -0.25) is 14.6 Å². The molecule has 0 aliphatic carbocycles. The summed E-state index contributed by atoms with van der Waals surface area (Å²) in [5.74, 6) is -0.553. The number of hydrogen-bond donors (Lipinski definition) is 1. The Hall–Kier alpha value is -2.35. The van der Waals surface area contributed by atoms with Gasteiger partial charge in [-0.15, -0.1) is 0 Å². The van der Waals surface area contributed by atoms with Crippen LogP contribution in [0, 0.1) is 0 Å². The molecule has 1 atom stereocenters. The van der Waals surface area contributed by atoms with Gasteiger partial charge in [-0.1, -0.05) is 42.1 Å². The molecule has 1 aromatic carbocycles. The fraction of sp³-hybridized carbons (Fsp3) is 0.480. The lowest BCUT2D eigenvalue weighted by Gasteiger charge is -2.27.